The number of aromatic amines is 1. The van der Waals surface area contributed by atoms with E-state index in [1.807, 2.05) is 6.20 Å². The van der Waals surface area contributed by atoms with Gasteiger partial charge in [0, 0.05) is 23.1 Å². The maximum Gasteiger partial charge on any atom is 0.0941 e. The van der Waals surface area contributed by atoms with Gasteiger partial charge in [-0.2, -0.15) is 0 Å². The average Bonchev–Trinajstić information content (AvgIpc) is 2.92. The zero-order chi connectivity index (χ0) is 16.0. The highest BCUT2D eigenvalue weighted by Gasteiger charge is 2.29. The molecule has 1 aromatic heterocycles. The molecule has 2 heteroatoms. The summed E-state index contributed by atoms with van der Waals surface area (Å²) in [6, 6.07) is 15.8. The summed E-state index contributed by atoms with van der Waals surface area (Å²) in [5, 5.41) is 1.38. The van der Waals surface area contributed by atoms with Crippen LogP contribution < -0.4 is 0 Å². The van der Waals surface area contributed by atoms with Gasteiger partial charge in [0.15, 0.2) is 0 Å². The molecule has 0 fully saturated rings. The predicted octanol–water partition coefficient (Wildman–Crippen LogP) is 4.88. The second-order valence-corrected chi connectivity index (χ2v) is 6.55. The Kier molecular flexibility index (Phi) is 3.26. The summed E-state index contributed by atoms with van der Waals surface area (Å²) >= 11 is 0. The normalized spacial score (nSPS) is 17.3. The van der Waals surface area contributed by atoms with Crippen LogP contribution >= 0.6 is 0 Å². The van der Waals surface area contributed by atoms with Gasteiger partial charge in [0.2, 0.25) is 0 Å². The lowest BCUT2D eigenvalue weighted by Crippen LogP contribution is -2.31. The largest absolute Gasteiger partial charge is 0.365 e. The Balaban J connectivity index is 1.92. The Labute approximate surface area is 137 Å². The number of aromatic nitrogens is 1. The molecule has 1 aliphatic heterocycles. The highest BCUT2D eigenvalue weighted by Crippen LogP contribution is 2.38. The Hall–Kier alpha value is -2.48. The average molecular weight is 302 g/mol. The highest BCUT2D eigenvalue weighted by molar-refractivity contribution is 5.86. The van der Waals surface area contributed by atoms with Crippen molar-refractivity contribution in [3.8, 4) is 0 Å². The van der Waals surface area contributed by atoms with Crippen LogP contribution in [0.15, 0.2) is 55.2 Å². The van der Waals surface area contributed by atoms with Crippen LogP contribution in [0.1, 0.15) is 34.0 Å². The first kappa shape index (κ1) is 14.1. The molecule has 0 saturated carbocycles. The van der Waals surface area contributed by atoms with Gasteiger partial charge in [-0.05, 0) is 49.7 Å². The zero-order valence-electron chi connectivity index (χ0n) is 13.8. The molecule has 0 spiro atoms. The van der Waals surface area contributed by atoms with Crippen LogP contribution in [0.2, 0.25) is 0 Å². The van der Waals surface area contributed by atoms with E-state index in [0.29, 0.717) is 0 Å². The summed E-state index contributed by atoms with van der Waals surface area (Å²) in [4.78, 5) is 6.02. The summed E-state index contributed by atoms with van der Waals surface area (Å²) in [5.41, 5.74) is 7.95. The Bertz CT molecular complexity index is 871. The fourth-order valence-electron chi connectivity index (χ4n) is 3.72. The van der Waals surface area contributed by atoms with Crippen molar-refractivity contribution in [3.63, 3.8) is 0 Å². The van der Waals surface area contributed by atoms with Crippen molar-refractivity contribution < 1.29 is 0 Å². The van der Waals surface area contributed by atoms with Crippen molar-refractivity contribution in [2.75, 3.05) is 6.54 Å². The topological polar surface area (TPSA) is 19.0 Å². The second kappa shape index (κ2) is 5.31. The molecule has 4 rings (SSSR count). The maximum atomic E-state index is 4.03. The molecule has 3 aromatic rings. The lowest BCUT2D eigenvalue weighted by Gasteiger charge is -2.35. The number of hydrogen-bond acceptors (Lipinski definition) is 1. The zero-order valence-corrected chi connectivity index (χ0v) is 13.8. The first-order valence-electron chi connectivity index (χ1n) is 8.23. The quantitative estimate of drug-likeness (QED) is 0.715. The van der Waals surface area contributed by atoms with E-state index >= 15 is 0 Å². The molecule has 0 amide bonds. The van der Waals surface area contributed by atoms with E-state index in [1.54, 1.807) is 0 Å². The van der Waals surface area contributed by atoms with E-state index < -0.39 is 0 Å². The Morgan fingerprint density at radius 1 is 1.09 bits per heavy atom. The molecule has 116 valence electrons. The number of hydrogen-bond donors (Lipinski definition) is 1. The smallest absolute Gasteiger partial charge is 0.0941 e. The van der Waals surface area contributed by atoms with Gasteiger partial charge in [-0.15, -0.1) is 0 Å². The lowest BCUT2D eigenvalue weighted by atomic mass is 9.92. The van der Waals surface area contributed by atoms with E-state index in [-0.39, 0.29) is 6.04 Å². The van der Waals surface area contributed by atoms with Crippen LogP contribution in [0, 0.1) is 13.8 Å². The van der Waals surface area contributed by atoms with Gasteiger partial charge in [-0.25, -0.2) is 0 Å². The van der Waals surface area contributed by atoms with Crippen molar-refractivity contribution in [1.82, 2.24) is 9.88 Å². The summed E-state index contributed by atoms with van der Waals surface area (Å²) in [6.07, 6.45) is 3.04. The van der Waals surface area contributed by atoms with Gasteiger partial charge in [0.05, 0.1) is 6.04 Å². The maximum absolute atomic E-state index is 4.03. The number of fused-ring (bicyclic) bond motifs is 3. The third-order valence-corrected chi connectivity index (χ3v) is 4.95. The summed E-state index contributed by atoms with van der Waals surface area (Å²) in [7, 11) is 0. The van der Waals surface area contributed by atoms with Crippen molar-refractivity contribution in [1.29, 1.82) is 0 Å². The van der Waals surface area contributed by atoms with Gasteiger partial charge in [-0.1, -0.05) is 48.0 Å². The van der Waals surface area contributed by atoms with Crippen molar-refractivity contribution in [2.24, 2.45) is 0 Å². The highest BCUT2D eigenvalue weighted by atomic mass is 15.2. The van der Waals surface area contributed by atoms with Gasteiger partial charge < -0.3 is 9.88 Å². The summed E-state index contributed by atoms with van der Waals surface area (Å²) < 4.78 is 0. The lowest BCUT2D eigenvalue weighted by molar-refractivity contribution is 0.298. The molecule has 2 heterocycles. The van der Waals surface area contributed by atoms with Crippen molar-refractivity contribution in [2.45, 2.75) is 26.3 Å². The number of H-pyrrole nitrogens is 1. The third kappa shape index (κ3) is 2.26. The number of nitrogens with zero attached hydrogens (tertiary/aromatic N) is 1. The van der Waals surface area contributed by atoms with Crippen LogP contribution in [0.4, 0.5) is 0 Å². The summed E-state index contributed by atoms with van der Waals surface area (Å²) in [6.45, 7) is 9.33. The first-order chi connectivity index (χ1) is 11.2. The molecule has 0 aliphatic carbocycles. The number of benzene rings is 2. The molecule has 0 saturated heterocycles. The molecule has 0 bridgehead atoms. The van der Waals surface area contributed by atoms with Crippen LogP contribution in [0.3, 0.4) is 0 Å². The number of nitrogens with one attached hydrogen (secondary N) is 1. The number of aryl methyl sites for hydroxylation is 2. The fraction of sp³-hybridized carbons (Fsp3) is 0.238. The molecular formula is C21H22N2. The number of rotatable bonds is 2. The Morgan fingerprint density at radius 2 is 1.83 bits per heavy atom. The molecule has 2 nitrogen and oxygen atoms in total. The third-order valence-electron chi connectivity index (χ3n) is 4.95. The van der Waals surface area contributed by atoms with Crippen molar-refractivity contribution >= 4 is 10.9 Å². The van der Waals surface area contributed by atoms with Crippen LogP contribution in [-0.2, 0) is 6.42 Å². The summed E-state index contributed by atoms with van der Waals surface area (Å²) in [5.74, 6) is 0. The fourth-order valence-corrected chi connectivity index (χ4v) is 3.72. The minimum Gasteiger partial charge on any atom is -0.365 e. The van der Waals surface area contributed by atoms with E-state index in [2.05, 4.69) is 72.8 Å². The van der Waals surface area contributed by atoms with Gasteiger partial charge in [0.1, 0.15) is 0 Å². The standard InChI is InChI=1S/C21H22N2/c1-4-23-12-11-17-18-13-15(3)7-10-19(18)22-20(17)21(23)16-8-5-14(2)6-9-16/h4-10,13,21-22H,1,11-12H2,2-3H3. The minimum atomic E-state index is 0.226. The van der Waals surface area contributed by atoms with Crippen LogP contribution in [0.25, 0.3) is 10.9 Å². The SMILES string of the molecule is C=CN1CCc2c([nH]c3ccc(C)cc23)C1c1ccc(C)cc1. The molecule has 1 atom stereocenters. The molecule has 1 aliphatic rings. The van der Waals surface area contributed by atoms with E-state index in [1.165, 1.54) is 38.9 Å². The second-order valence-electron chi connectivity index (χ2n) is 6.55. The molecule has 1 unspecified atom stereocenters. The molecule has 1 N–H and O–H groups in total. The van der Waals surface area contributed by atoms with Crippen LogP contribution in [-0.4, -0.2) is 16.4 Å². The Morgan fingerprint density at radius 3 is 2.57 bits per heavy atom. The van der Waals surface area contributed by atoms with Gasteiger partial charge >= 0.3 is 0 Å². The molecule has 0 radical (unpaired) electrons. The van der Waals surface area contributed by atoms with E-state index in [4.69, 9.17) is 0 Å². The molecular weight excluding hydrogens is 280 g/mol. The molecule has 23 heavy (non-hydrogen) atoms. The predicted molar refractivity (Wildman–Crippen MR) is 96.7 cm³/mol. The van der Waals surface area contributed by atoms with E-state index in [9.17, 15) is 0 Å². The minimum absolute atomic E-state index is 0.226. The van der Waals surface area contributed by atoms with Gasteiger partial charge in [0.25, 0.3) is 0 Å². The monoisotopic (exact) mass is 302 g/mol. The molecule has 2 aromatic carbocycles. The van der Waals surface area contributed by atoms with Gasteiger partial charge in [-0.3, -0.25) is 0 Å². The van der Waals surface area contributed by atoms with E-state index in [0.717, 1.165) is 13.0 Å². The first-order valence-corrected chi connectivity index (χ1v) is 8.23. The van der Waals surface area contributed by atoms with Crippen molar-refractivity contribution in [3.05, 3.63) is 83.2 Å². The van der Waals surface area contributed by atoms with Crippen LogP contribution in [0.5, 0.6) is 0 Å².